The van der Waals surface area contributed by atoms with E-state index in [0.717, 1.165) is 40.1 Å². The van der Waals surface area contributed by atoms with Gasteiger partial charge in [-0.05, 0) is 30.3 Å². The summed E-state index contributed by atoms with van der Waals surface area (Å²) < 4.78 is 12.6. The topological polar surface area (TPSA) is 65.1 Å². The average molecular weight is 348 g/mol. The number of hydrogen-bond acceptors (Lipinski definition) is 5. The molecule has 4 rings (SSSR count). The van der Waals surface area contributed by atoms with Crippen molar-refractivity contribution in [1.82, 2.24) is 14.8 Å². The number of oxazole rings is 1. The molecule has 0 radical (unpaired) electrons. The van der Waals surface area contributed by atoms with Gasteiger partial charge in [0, 0.05) is 36.9 Å². The summed E-state index contributed by atoms with van der Waals surface area (Å²) in [4.78, 5) is 4.14. The van der Waals surface area contributed by atoms with Crippen LogP contribution in [-0.4, -0.2) is 28.5 Å². The van der Waals surface area contributed by atoms with E-state index in [-0.39, 0.29) is 0 Å². The van der Waals surface area contributed by atoms with Crippen molar-refractivity contribution >= 4 is 22.3 Å². The number of ether oxygens (including phenoxy) is 1. The zero-order chi connectivity index (χ0) is 17.9. The Morgan fingerprint density at radius 3 is 2.73 bits per heavy atom. The van der Waals surface area contributed by atoms with Gasteiger partial charge >= 0.3 is 0 Å². The summed E-state index contributed by atoms with van der Waals surface area (Å²) in [5, 5.41) is 9.21. The molecule has 2 heterocycles. The second-order valence-corrected chi connectivity index (χ2v) is 6.07. The molecule has 0 saturated heterocycles. The van der Waals surface area contributed by atoms with Gasteiger partial charge in [-0.15, -0.1) is 0 Å². The number of methoxy groups -OCH3 is 1. The number of anilines is 2. The fourth-order valence-corrected chi connectivity index (χ4v) is 2.86. The van der Waals surface area contributed by atoms with Gasteiger partial charge < -0.3 is 14.5 Å². The second-order valence-electron chi connectivity index (χ2n) is 6.07. The third kappa shape index (κ3) is 3.32. The third-order valence-electron chi connectivity index (χ3n) is 4.18. The molecule has 0 saturated carbocycles. The van der Waals surface area contributed by atoms with Crippen molar-refractivity contribution in [2.45, 2.75) is 13.5 Å². The number of aromatic nitrogens is 3. The van der Waals surface area contributed by atoms with Crippen LogP contribution in [-0.2, 0) is 11.3 Å². The number of aryl methyl sites for hydroxylation is 1. The van der Waals surface area contributed by atoms with Crippen LogP contribution >= 0.6 is 0 Å². The van der Waals surface area contributed by atoms with Crippen LogP contribution in [0, 0.1) is 6.92 Å². The van der Waals surface area contributed by atoms with Gasteiger partial charge in [0.05, 0.1) is 25.0 Å². The molecule has 6 heteroatoms. The van der Waals surface area contributed by atoms with Crippen molar-refractivity contribution in [2.75, 3.05) is 19.0 Å². The Morgan fingerprint density at radius 2 is 2.00 bits per heavy atom. The van der Waals surface area contributed by atoms with E-state index >= 15 is 0 Å². The standard InChI is InChI=1S/C20H20N4O2/c1-14-21-12-19(26-14)15-6-8-17(9-7-15)22-18-5-3-4-16-13-24(10-11-25-2)23-20(16)18/h3-9,12-13,22H,10-11H2,1-2H3. The van der Waals surface area contributed by atoms with E-state index in [1.165, 1.54) is 0 Å². The summed E-state index contributed by atoms with van der Waals surface area (Å²) in [5.74, 6) is 1.44. The maximum Gasteiger partial charge on any atom is 0.191 e. The van der Waals surface area contributed by atoms with E-state index in [1.54, 1.807) is 13.3 Å². The third-order valence-corrected chi connectivity index (χ3v) is 4.18. The maximum atomic E-state index is 5.57. The summed E-state index contributed by atoms with van der Waals surface area (Å²) in [5.41, 5.74) is 3.91. The quantitative estimate of drug-likeness (QED) is 0.560. The predicted molar refractivity (Wildman–Crippen MR) is 102 cm³/mol. The number of nitrogens with zero attached hydrogens (tertiary/aromatic N) is 3. The van der Waals surface area contributed by atoms with Crippen molar-refractivity contribution in [3.63, 3.8) is 0 Å². The number of rotatable bonds is 6. The molecule has 2 aromatic carbocycles. The Morgan fingerprint density at radius 1 is 1.15 bits per heavy atom. The first-order valence-corrected chi connectivity index (χ1v) is 8.48. The van der Waals surface area contributed by atoms with Gasteiger partial charge in [0.2, 0.25) is 0 Å². The highest BCUT2D eigenvalue weighted by Crippen LogP contribution is 2.27. The first-order chi connectivity index (χ1) is 12.7. The molecule has 2 aromatic heterocycles. The molecule has 4 aromatic rings. The van der Waals surface area contributed by atoms with Gasteiger partial charge in [-0.2, -0.15) is 5.10 Å². The van der Waals surface area contributed by atoms with E-state index in [0.29, 0.717) is 12.5 Å². The molecule has 0 unspecified atom stereocenters. The SMILES string of the molecule is COCCn1cc2cccc(Nc3ccc(-c4cnc(C)o4)cc3)c2n1. The summed E-state index contributed by atoms with van der Waals surface area (Å²) in [6.07, 6.45) is 3.78. The number of hydrogen-bond donors (Lipinski definition) is 1. The van der Waals surface area contributed by atoms with E-state index in [9.17, 15) is 0 Å². The first kappa shape index (κ1) is 16.4. The van der Waals surface area contributed by atoms with E-state index in [1.807, 2.05) is 54.2 Å². The van der Waals surface area contributed by atoms with Crippen molar-refractivity contribution in [2.24, 2.45) is 0 Å². The van der Waals surface area contributed by atoms with Crippen LogP contribution in [0.15, 0.2) is 59.3 Å². The molecular formula is C20H20N4O2. The van der Waals surface area contributed by atoms with Crippen LogP contribution in [0.25, 0.3) is 22.2 Å². The highest BCUT2D eigenvalue weighted by molar-refractivity contribution is 5.92. The Hall–Kier alpha value is -3.12. The molecule has 0 bridgehead atoms. The van der Waals surface area contributed by atoms with E-state index in [4.69, 9.17) is 9.15 Å². The van der Waals surface area contributed by atoms with Gasteiger partial charge in [0.1, 0.15) is 5.52 Å². The maximum absolute atomic E-state index is 5.57. The van der Waals surface area contributed by atoms with Crippen LogP contribution < -0.4 is 5.32 Å². The number of fused-ring (bicyclic) bond motifs is 1. The smallest absolute Gasteiger partial charge is 0.191 e. The van der Waals surface area contributed by atoms with Gasteiger partial charge in [0.15, 0.2) is 11.7 Å². The molecule has 1 N–H and O–H groups in total. The van der Waals surface area contributed by atoms with Crippen molar-refractivity contribution < 1.29 is 9.15 Å². The second kappa shape index (κ2) is 7.01. The molecule has 0 atom stereocenters. The minimum absolute atomic E-state index is 0.638. The lowest BCUT2D eigenvalue weighted by atomic mass is 10.1. The lowest BCUT2D eigenvalue weighted by Gasteiger charge is -2.07. The van der Waals surface area contributed by atoms with E-state index < -0.39 is 0 Å². The Kier molecular flexibility index (Phi) is 4.41. The fraction of sp³-hybridized carbons (Fsp3) is 0.200. The Bertz CT molecular complexity index is 1020. The molecule has 0 aliphatic heterocycles. The van der Waals surface area contributed by atoms with Gasteiger partial charge in [-0.1, -0.05) is 12.1 Å². The molecule has 0 aliphatic carbocycles. The summed E-state index contributed by atoms with van der Waals surface area (Å²) in [6.45, 7) is 3.21. The zero-order valence-corrected chi connectivity index (χ0v) is 14.8. The fourth-order valence-electron chi connectivity index (χ4n) is 2.86. The molecular weight excluding hydrogens is 328 g/mol. The van der Waals surface area contributed by atoms with Crippen molar-refractivity contribution in [3.05, 3.63) is 60.7 Å². The molecule has 0 aliphatic rings. The number of benzene rings is 2. The van der Waals surface area contributed by atoms with Gasteiger partial charge in [-0.25, -0.2) is 4.98 Å². The minimum atomic E-state index is 0.638. The lowest BCUT2D eigenvalue weighted by molar-refractivity contribution is 0.184. The van der Waals surface area contributed by atoms with Gasteiger partial charge in [0.25, 0.3) is 0 Å². The number of nitrogens with one attached hydrogen (secondary N) is 1. The molecule has 26 heavy (non-hydrogen) atoms. The van der Waals surface area contributed by atoms with Gasteiger partial charge in [-0.3, -0.25) is 4.68 Å². The average Bonchev–Trinajstić information content (AvgIpc) is 3.27. The van der Waals surface area contributed by atoms with Crippen LogP contribution in [0.2, 0.25) is 0 Å². The van der Waals surface area contributed by atoms with Crippen LogP contribution in [0.4, 0.5) is 11.4 Å². The van der Waals surface area contributed by atoms with Crippen LogP contribution in [0.3, 0.4) is 0 Å². The van der Waals surface area contributed by atoms with Crippen molar-refractivity contribution in [1.29, 1.82) is 0 Å². The summed E-state index contributed by atoms with van der Waals surface area (Å²) >= 11 is 0. The van der Waals surface area contributed by atoms with Crippen LogP contribution in [0.5, 0.6) is 0 Å². The molecule has 0 spiro atoms. The summed E-state index contributed by atoms with van der Waals surface area (Å²) in [7, 11) is 1.69. The molecule has 132 valence electrons. The summed E-state index contributed by atoms with van der Waals surface area (Å²) in [6, 6.07) is 14.2. The largest absolute Gasteiger partial charge is 0.441 e. The lowest BCUT2D eigenvalue weighted by Crippen LogP contribution is -2.04. The normalized spacial score (nSPS) is 11.2. The molecule has 0 amide bonds. The zero-order valence-electron chi connectivity index (χ0n) is 14.8. The van der Waals surface area contributed by atoms with Crippen molar-refractivity contribution in [3.8, 4) is 11.3 Å². The first-order valence-electron chi connectivity index (χ1n) is 8.48. The highest BCUT2D eigenvalue weighted by atomic mass is 16.5. The molecule has 6 nitrogen and oxygen atoms in total. The Balaban J connectivity index is 1.57. The predicted octanol–water partition coefficient (Wildman–Crippen LogP) is 4.39. The minimum Gasteiger partial charge on any atom is -0.441 e. The highest BCUT2D eigenvalue weighted by Gasteiger charge is 2.08. The Labute approximate surface area is 151 Å². The van der Waals surface area contributed by atoms with E-state index in [2.05, 4.69) is 21.5 Å². The van der Waals surface area contributed by atoms with Crippen LogP contribution in [0.1, 0.15) is 5.89 Å². The monoisotopic (exact) mass is 348 g/mol. The molecule has 0 fully saturated rings.